The number of carbonyl (C=O) groups is 4. The number of methoxy groups -OCH3 is 2. The van der Waals surface area contributed by atoms with E-state index in [0.717, 1.165) is 66.3 Å². The number of likely N-dealkylation sites (tertiary alicyclic amines) is 2. The number of nitrogens with two attached hydrogens (primary N) is 1. The summed E-state index contributed by atoms with van der Waals surface area (Å²) in [5.74, 6) is 1.18. The number of hydrogen-bond donors (Lipinski definition) is 4. The molecule has 2 aliphatic heterocycles. The first-order valence-corrected chi connectivity index (χ1v) is 23.2. The van der Waals surface area contributed by atoms with E-state index in [1.165, 1.54) is 42.9 Å². The topological polar surface area (TPSA) is 210 Å². The molecule has 2 aromatic heterocycles. The van der Waals surface area contributed by atoms with Crippen LogP contribution in [0, 0.1) is 17.8 Å². The van der Waals surface area contributed by atoms with Crippen molar-refractivity contribution in [2.24, 2.45) is 22.7 Å². The molecule has 2 aliphatic carbocycles. The summed E-state index contributed by atoms with van der Waals surface area (Å²) in [5, 5.41) is 10.6. The number of aromatic nitrogens is 3. The third-order valence-corrected chi connectivity index (χ3v) is 14.3. The largest absolute Gasteiger partial charge is 0.453 e. The van der Waals surface area contributed by atoms with Gasteiger partial charge >= 0.3 is 12.2 Å². The van der Waals surface area contributed by atoms with Gasteiger partial charge in [0.15, 0.2) is 5.58 Å². The summed E-state index contributed by atoms with van der Waals surface area (Å²) in [5.41, 5.74) is 17.3. The highest BCUT2D eigenvalue weighted by Crippen LogP contribution is 2.56. The zero-order chi connectivity index (χ0) is 46.4. The van der Waals surface area contributed by atoms with Crippen LogP contribution in [-0.4, -0.2) is 101 Å². The van der Waals surface area contributed by atoms with Crippen LogP contribution in [0.2, 0.25) is 0 Å². The Morgan fingerprint density at radius 3 is 2.18 bits per heavy atom. The second-order valence-corrected chi connectivity index (χ2v) is 18.8. The number of amides is 4. The number of alkyl carbamates (subject to hydrolysis) is 2. The lowest BCUT2D eigenvalue weighted by Gasteiger charge is -2.31. The fourth-order valence-corrected chi connectivity index (χ4v) is 10.6. The molecule has 3 aromatic carbocycles. The van der Waals surface area contributed by atoms with Crippen molar-refractivity contribution in [2.45, 2.75) is 103 Å². The van der Waals surface area contributed by atoms with Gasteiger partial charge in [-0.2, -0.15) is 0 Å². The lowest BCUT2D eigenvalue weighted by Crippen LogP contribution is -2.52. The van der Waals surface area contributed by atoms with Gasteiger partial charge < -0.3 is 45.1 Å². The van der Waals surface area contributed by atoms with Gasteiger partial charge in [0.05, 0.1) is 61.2 Å². The third-order valence-electron chi connectivity index (χ3n) is 14.3. The molecule has 4 amide bonds. The van der Waals surface area contributed by atoms with Crippen molar-refractivity contribution < 1.29 is 33.2 Å². The van der Waals surface area contributed by atoms with Crippen molar-refractivity contribution in [3.63, 3.8) is 0 Å². The van der Waals surface area contributed by atoms with E-state index in [1.807, 2.05) is 46.0 Å². The summed E-state index contributed by atoms with van der Waals surface area (Å²) in [7, 11) is 2.58. The molecule has 4 heterocycles. The smallest absolute Gasteiger partial charge is 0.407 e. The number of imidazole rings is 1. The Kier molecular flexibility index (Phi) is 12.3. The normalized spacial score (nSPS) is 21.0. The maximum atomic E-state index is 13.8. The van der Waals surface area contributed by atoms with Crippen LogP contribution in [0.25, 0.3) is 44.5 Å². The monoisotopic (exact) mass is 897 g/mol. The van der Waals surface area contributed by atoms with E-state index in [4.69, 9.17) is 29.7 Å². The molecule has 5 N–H and O–H groups in total. The number of aromatic amines is 1. The fraction of sp³-hybridized carbons (Fsp3) is 0.460. The van der Waals surface area contributed by atoms with Gasteiger partial charge in [-0.25, -0.2) is 14.6 Å². The summed E-state index contributed by atoms with van der Waals surface area (Å²) < 4.78 is 15.6. The maximum Gasteiger partial charge on any atom is 0.407 e. The molecule has 3 fully saturated rings. The zero-order valence-corrected chi connectivity index (χ0v) is 38.4. The molecule has 5 aromatic rings. The summed E-state index contributed by atoms with van der Waals surface area (Å²) in [6.07, 6.45) is 10.6. The highest BCUT2D eigenvalue weighted by atomic mass is 16.5. The Hall–Kier alpha value is -6.71. The number of benzene rings is 3. The summed E-state index contributed by atoms with van der Waals surface area (Å²) >= 11 is 0. The average Bonchev–Trinajstić information content (AvgIpc) is 4.16. The van der Waals surface area contributed by atoms with Gasteiger partial charge in [0.25, 0.3) is 0 Å². The Balaban J connectivity index is 0.966. The Morgan fingerprint density at radius 1 is 0.833 bits per heavy atom. The van der Waals surface area contributed by atoms with Crippen LogP contribution in [-0.2, 0) is 25.5 Å². The SMILES string of the molecule is COC(=O)NC(C(=O)N1CCCC1C=Nc1ccc(-c2ccc(-c3ccc(-c4cnc(C5CCCN5C(=O)C(NC(=O)OC)C(C)C)[nH]4)c4oncc34)c3c2C2CCC2C3)cc1N)C(C)C. The molecule has 6 atom stereocenters. The van der Waals surface area contributed by atoms with E-state index in [9.17, 15) is 19.2 Å². The van der Waals surface area contributed by atoms with Crippen LogP contribution in [0.4, 0.5) is 21.0 Å². The molecule has 4 aliphatic rings. The second kappa shape index (κ2) is 18.3. The summed E-state index contributed by atoms with van der Waals surface area (Å²) in [6, 6.07) is 12.8. The van der Waals surface area contributed by atoms with Crippen molar-refractivity contribution in [3.05, 3.63) is 71.8 Å². The van der Waals surface area contributed by atoms with Crippen LogP contribution in [0.1, 0.15) is 95.1 Å². The Bertz CT molecular complexity index is 2700. The van der Waals surface area contributed by atoms with Crippen LogP contribution < -0.4 is 16.4 Å². The number of fused-ring (bicyclic) bond motifs is 4. The zero-order valence-electron chi connectivity index (χ0n) is 38.4. The second-order valence-electron chi connectivity index (χ2n) is 18.8. The van der Waals surface area contributed by atoms with Crippen molar-refractivity contribution in [1.82, 2.24) is 35.6 Å². The molecule has 6 unspecified atom stereocenters. The van der Waals surface area contributed by atoms with E-state index in [2.05, 4.69) is 51.1 Å². The number of nitrogens with zero attached hydrogens (tertiary/aromatic N) is 5. The number of nitrogens with one attached hydrogen (secondary N) is 3. The van der Waals surface area contributed by atoms with Crippen molar-refractivity contribution >= 4 is 52.6 Å². The number of rotatable bonds is 12. The minimum absolute atomic E-state index is 0.116. The first-order chi connectivity index (χ1) is 31.9. The van der Waals surface area contributed by atoms with Gasteiger partial charge in [-0.15, -0.1) is 0 Å². The Labute approximate surface area is 384 Å². The van der Waals surface area contributed by atoms with Crippen molar-refractivity contribution in [1.29, 1.82) is 0 Å². The van der Waals surface area contributed by atoms with E-state index < -0.39 is 24.3 Å². The van der Waals surface area contributed by atoms with Crippen LogP contribution in [0.5, 0.6) is 0 Å². The van der Waals surface area contributed by atoms with Crippen molar-refractivity contribution in [3.8, 4) is 33.5 Å². The van der Waals surface area contributed by atoms with E-state index >= 15 is 0 Å². The quantitative estimate of drug-likeness (QED) is 0.0695. The first-order valence-electron chi connectivity index (χ1n) is 23.2. The van der Waals surface area contributed by atoms with Gasteiger partial charge in [0.1, 0.15) is 17.9 Å². The van der Waals surface area contributed by atoms with E-state index in [-0.39, 0.29) is 35.7 Å². The number of ether oxygens (including phenoxy) is 2. The molecule has 66 heavy (non-hydrogen) atoms. The highest BCUT2D eigenvalue weighted by Gasteiger charge is 2.43. The lowest BCUT2D eigenvalue weighted by molar-refractivity contribution is -0.135. The molecular formula is C50H59N9O7. The number of H-pyrrole nitrogens is 1. The predicted molar refractivity (Wildman–Crippen MR) is 251 cm³/mol. The van der Waals surface area contributed by atoms with Gasteiger partial charge in [-0.05, 0) is 120 Å². The molecule has 16 nitrogen and oxygen atoms in total. The third kappa shape index (κ3) is 8.14. The maximum absolute atomic E-state index is 13.8. The number of hydrogen-bond acceptors (Lipinski definition) is 11. The first kappa shape index (κ1) is 44.5. The highest BCUT2D eigenvalue weighted by molar-refractivity contribution is 6.02. The molecule has 1 saturated carbocycles. The molecule has 9 rings (SSSR count). The molecule has 0 spiro atoms. The predicted octanol–water partition coefficient (Wildman–Crippen LogP) is 8.30. The molecule has 346 valence electrons. The van der Waals surface area contributed by atoms with E-state index in [0.29, 0.717) is 47.7 Å². The van der Waals surface area contributed by atoms with Gasteiger partial charge in [0, 0.05) is 24.9 Å². The number of carbonyl (C=O) groups excluding carboxylic acids is 4. The minimum Gasteiger partial charge on any atom is -0.453 e. The van der Waals surface area contributed by atoms with Crippen LogP contribution in [0.3, 0.4) is 0 Å². The van der Waals surface area contributed by atoms with Crippen LogP contribution >= 0.6 is 0 Å². The number of nitrogen functional groups attached to an aromatic ring is 1. The number of aliphatic imine (C=N–C) groups is 1. The summed E-state index contributed by atoms with van der Waals surface area (Å²) in [6.45, 7) is 8.75. The molecule has 2 saturated heterocycles. The van der Waals surface area contributed by atoms with Crippen molar-refractivity contribution in [2.75, 3.05) is 33.0 Å². The van der Waals surface area contributed by atoms with E-state index in [1.54, 1.807) is 22.2 Å². The van der Waals surface area contributed by atoms with Gasteiger partial charge in [0.2, 0.25) is 11.8 Å². The average molecular weight is 898 g/mol. The van der Waals surface area contributed by atoms with Gasteiger partial charge in [-0.1, -0.05) is 57.1 Å². The van der Waals surface area contributed by atoms with Gasteiger partial charge in [-0.3, -0.25) is 14.6 Å². The summed E-state index contributed by atoms with van der Waals surface area (Å²) in [4.78, 5) is 68.1. The number of anilines is 1. The standard InChI is InChI=1S/C50H59N9O7/c1-26(2)43(56-49(62)64-5)47(60)58-19-7-9-30(58)23-52-39-18-12-29(22-38(39)51)32-14-15-33(36-21-28-11-13-31(28)42(32)36)34-16-17-35(45-37(34)24-54-66-45)40-25-53-46(55-40)41-10-8-20-59(41)48(61)44(27(3)4)57-50(63)65-6/h12,14-18,22-28,30-31,41,43-44H,7-11,13,19-21,51H2,1-6H3,(H,53,55)(H,56,62)(H,57,63). The lowest BCUT2D eigenvalue weighted by atomic mass is 9.73. The fourth-order valence-electron chi connectivity index (χ4n) is 10.6. The Morgan fingerprint density at radius 2 is 1.50 bits per heavy atom. The molecular weight excluding hydrogens is 839 g/mol. The van der Waals surface area contributed by atoms with Crippen LogP contribution in [0.15, 0.2) is 64.4 Å². The molecule has 0 bridgehead atoms. The molecule has 16 heteroatoms. The molecule has 0 radical (unpaired) electrons. The minimum atomic E-state index is -0.721.